The van der Waals surface area contributed by atoms with Gasteiger partial charge in [-0.15, -0.1) is 5.10 Å². The van der Waals surface area contributed by atoms with Crippen molar-refractivity contribution in [2.24, 2.45) is 13.0 Å². The van der Waals surface area contributed by atoms with Crippen LogP contribution in [0.15, 0.2) is 24.3 Å². The summed E-state index contributed by atoms with van der Waals surface area (Å²) < 4.78 is 3.87. The number of hydrogen-bond donors (Lipinski definition) is 0. The van der Waals surface area contributed by atoms with E-state index in [4.69, 9.17) is 0 Å². The molecule has 2 heterocycles. The third kappa shape index (κ3) is 1.99. The van der Waals surface area contributed by atoms with Crippen LogP contribution in [0.2, 0.25) is 0 Å². The van der Waals surface area contributed by atoms with Crippen LogP contribution >= 0.6 is 0 Å². The van der Waals surface area contributed by atoms with Crippen LogP contribution < -0.4 is 0 Å². The molecule has 0 amide bonds. The van der Waals surface area contributed by atoms with Crippen molar-refractivity contribution in [3.63, 3.8) is 0 Å². The number of aromatic nitrogens is 5. The SMILES string of the molecule is Cc1nn(C)c(CC(C)C)c1-n1nnc2ccccc21. The van der Waals surface area contributed by atoms with Gasteiger partial charge in [-0.2, -0.15) is 5.10 Å². The van der Waals surface area contributed by atoms with E-state index in [2.05, 4.69) is 29.3 Å². The maximum atomic E-state index is 4.55. The lowest BCUT2D eigenvalue weighted by Crippen LogP contribution is -2.07. The van der Waals surface area contributed by atoms with E-state index in [-0.39, 0.29) is 0 Å². The van der Waals surface area contributed by atoms with Crippen molar-refractivity contribution in [3.8, 4) is 5.69 Å². The lowest BCUT2D eigenvalue weighted by molar-refractivity contribution is 0.591. The number of fused-ring (bicyclic) bond motifs is 1. The van der Waals surface area contributed by atoms with E-state index < -0.39 is 0 Å². The molecule has 20 heavy (non-hydrogen) atoms. The van der Waals surface area contributed by atoms with E-state index >= 15 is 0 Å². The summed E-state index contributed by atoms with van der Waals surface area (Å²) in [6.07, 6.45) is 0.973. The normalized spacial score (nSPS) is 11.7. The lowest BCUT2D eigenvalue weighted by atomic mass is 10.1. The molecule has 5 nitrogen and oxygen atoms in total. The maximum absolute atomic E-state index is 4.55. The van der Waals surface area contributed by atoms with Crippen LogP contribution in [-0.2, 0) is 13.5 Å². The summed E-state index contributed by atoms with van der Waals surface area (Å²) in [5, 5.41) is 13.1. The van der Waals surface area contributed by atoms with Crippen molar-refractivity contribution in [2.75, 3.05) is 0 Å². The summed E-state index contributed by atoms with van der Waals surface area (Å²) >= 11 is 0. The van der Waals surface area contributed by atoms with E-state index in [1.807, 2.05) is 47.6 Å². The van der Waals surface area contributed by atoms with Gasteiger partial charge in [-0.1, -0.05) is 31.2 Å². The van der Waals surface area contributed by atoms with Crippen LogP contribution in [0, 0.1) is 12.8 Å². The Labute approximate surface area is 118 Å². The average molecular weight is 269 g/mol. The number of nitrogens with zero attached hydrogens (tertiary/aromatic N) is 5. The summed E-state index contributed by atoms with van der Waals surface area (Å²) in [4.78, 5) is 0. The molecule has 0 aliphatic rings. The van der Waals surface area contributed by atoms with Gasteiger partial charge in [0, 0.05) is 7.05 Å². The maximum Gasteiger partial charge on any atom is 0.113 e. The Balaban J connectivity index is 2.23. The zero-order chi connectivity index (χ0) is 14.3. The second kappa shape index (κ2) is 4.74. The first-order valence-corrected chi connectivity index (χ1v) is 6.91. The molecule has 3 aromatic rings. The van der Waals surface area contributed by atoms with E-state index in [0.717, 1.165) is 28.8 Å². The third-order valence-corrected chi connectivity index (χ3v) is 3.47. The highest BCUT2D eigenvalue weighted by Crippen LogP contribution is 2.24. The molecule has 0 aliphatic carbocycles. The van der Waals surface area contributed by atoms with Crippen LogP contribution in [0.4, 0.5) is 0 Å². The third-order valence-electron chi connectivity index (χ3n) is 3.47. The van der Waals surface area contributed by atoms with Gasteiger partial charge in [0.1, 0.15) is 11.2 Å². The quantitative estimate of drug-likeness (QED) is 0.734. The van der Waals surface area contributed by atoms with Gasteiger partial charge in [0.25, 0.3) is 0 Å². The highest BCUT2D eigenvalue weighted by atomic mass is 15.4. The van der Waals surface area contributed by atoms with Gasteiger partial charge in [-0.05, 0) is 31.4 Å². The van der Waals surface area contributed by atoms with E-state index in [1.165, 1.54) is 5.69 Å². The van der Waals surface area contributed by atoms with Gasteiger partial charge in [-0.25, -0.2) is 4.68 Å². The number of aryl methyl sites for hydroxylation is 2. The standard InChI is InChI=1S/C15H19N5/c1-10(2)9-14-15(11(3)17-19(14)4)20-13-8-6-5-7-12(13)16-18-20/h5-8,10H,9H2,1-4H3. The zero-order valence-corrected chi connectivity index (χ0v) is 12.3. The minimum absolute atomic E-state index is 0.568. The van der Waals surface area contributed by atoms with Crippen molar-refractivity contribution in [3.05, 3.63) is 35.7 Å². The molecule has 104 valence electrons. The largest absolute Gasteiger partial charge is 0.270 e. The summed E-state index contributed by atoms with van der Waals surface area (Å²) in [6.45, 7) is 6.45. The van der Waals surface area contributed by atoms with Crippen molar-refractivity contribution in [1.29, 1.82) is 0 Å². The fourth-order valence-electron chi connectivity index (χ4n) is 2.62. The van der Waals surface area contributed by atoms with Crippen LogP contribution in [0.25, 0.3) is 16.7 Å². The van der Waals surface area contributed by atoms with E-state index in [1.54, 1.807) is 0 Å². The first kappa shape index (κ1) is 12.8. The molecule has 0 fully saturated rings. The number of benzene rings is 1. The summed E-state index contributed by atoms with van der Waals surface area (Å²) in [7, 11) is 1.99. The molecule has 5 heteroatoms. The highest BCUT2D eigenvalue weighted by molar-refractivity contribution is 5.76. The lowest BCUT2D eigenvalue weighted by Gasteiger charge is -2.09. The molecular weight excluding hydrogens is 250 g/mol. The predicted molar refractivity (Wildman–Crippen MR) is 78.9 cm³/mol. The highest BCUT2D eigenvalue weighted by Gasteiger charge is 2.18. The minimum atomic E-state index is 0.568. The Hall–Kier alpha value is -2.17. The summed E-state index contributed by atoms with van der Waals surface area (Å²) in [6, 6.07) is 8.01. The molecule has 1 aromatic carbocycles. The molecule has 0 atom stereocenters. The van der Waals surface area contributed by atoms with Gasteiger partial charge in [0.05, 0.1) is 16.9 Å². The number of rotatable bonds is 3. The van der Waals surface area contributed by atoms with E-state index in [0.29, 0.717) is 5.92 Å². The summed E-state index contributed by atoms with van der Waals surface area (Å²) in [5.41, 5.74) is 5.18. The van der Waals surface area contributed by atoms with Crippen LogP contribution in [0.5, 0.6) is 0 Å². The van der Waals surface area contributed by atoms with Gasteiger partial charge in [0.2, 0.25) is 0 Å². The fraction of sp³-hybridized carbons (Fsp3) is 0.400. The molecule has 3 rings (SSSR count). The molecule has 0 radical (unpaired) electrons. The first-order valence-electron chi connectivity index (χ1n) is 6.91. The Kier molecular flexibility index (Phi) is 3.04. The van der Waals surface area contributed by atoms with Crippen LogP contribution in [-0.4, -0.2) is 24.8 Å². The van der Waals surface area contributed by atoms with Crippen LogP contribution in [0.1, 0.15) is 25.2 Å². The first-order chi connectivity index (χ1) is 9.58. The Morgan fingerprint density at radius 2 is 1.95 bits per heavy atom. The number of para-hydroxylation sites is 1. The molecule has 0 bridgehead atoms. The number of hydrogen-bond acceptors (Lipinski definition) is 3. The molecule has 0 unspecified atom stereocenters. The van der Waals surface area contributed by atoms with E-state index in [9.17, 15) is 0 Å². The van der Waals surface area contributed by atoms with Crippen molar-refractivity contribution in [1.82, 2.24) is 24.8 Å². The van der Waals surface area contributed by atoms with Gasteiger partial charge in [-0.3, -0.25) is 4.68 Å². The van der Waals surface area contributed by atoms with Gasteiger partial charge < -0.3 is 0 Å². The second-order valence-corrected chi connectivity index (χ2v) is 5.59. The molecule has 0 aliphatic heterocycles. The molecule has 0 saturated heterocycles. The van der Waals surface area contributed by atoms with Crippen molar-refractivity contribution in [2.45, 2.75) is 27.2 Å². The molecule has 2 aromatic heterocycles. The van der Waals surface area contributed by atoms with Crippen LogP contribution in [0.3, 0.4) is 0 Å². The Morgan fingerprint density at radius 1 is 1.20 bits per heavy atom. The molecule has 0 saturated carbocycles. The predicted octanol–water partition coefficient (Wildman–Crippen LogP) is 2.66. The summed E-state index contributed by atoms with van der Waals surface area (Å²) in [5.74, 6) is 0.568. The molecular formula is C15H19N5. The topological polar surface area (TPSA) is 48.5 Å². The fourth-order valence-corrected chi connectivity index (χ4v) is 2.62. The van der Waals surface area contributed by atoms with Gasteiger partial charge >= 0.3 is 0 Å². The molecule has 0 N–H and O–H groups in total. The second-order valence-electron chi connectivity index (χ2n) is 5.59. The Bertz CT molecular complexity index is 751. The van der Waals surface area contributed by atoms with Gasteiger partial charge in [0.15, 0.2) is 0 Å². The zero-order valence-electron chi connectivity index (χ0n) is 12.3. The molecule has 0 spiro atoms. The van der Waals surface area contributed by atoms with Crippen molar-refractivity contribution >= 4 is 11.0 Å². The smallest absolute Gasteiger partial charge is 0.113 e. The van der Waals surface area contributed by atoms with Crippen molar-refractivity contribution < 1.29 is 0 Å². The Morgan fingerprint density at radius 3 is 2.70 bits per heavy atom. The average Bonchev–Trinajstić information content (AvgIpc) is 2.92. The monoisotopic (exact) mass is 269 g/mol. The minimum Gasteiger partial charge on any atom is -0.270 e.